The van der Waals surface area contributed by atoms with Gasteiger partial charge >= 0.3 is 0 Å². The van der Waals surface area contributed by atoms with Gasteiger partial charge in [0.05, 0.1) is 6.61 Å². The van der Waals surface area contributed by atoms with E-state index < -0.39 is 0 Å². The smallest absolute Gasteiger partial charge is 0.223 e. The number of fused-ring (bicyclic) bond motifs is 1. The third-order valence-electron chi connectivity index (χ3n) is 8.40. The summed E-state index contributed by atoms with van der Waals surface area (Å²) in [7, 11) is 1.91. The molecule has 2 heterocycles. The zero-order chi connectivity index (χ0) is 29.0. The standard InChI is InChI=1S/C35H42ClN3O2/c1-26(2)39-23-29(31-13-8-9-14-33(31)39)22-38-18-10-17-35(24-38,25-41-30-15-16-32(36)27(3)19-30)20-34(40)37(4)21-28-11-6-5-7-12-28/h5-9,11-16,19,23,26H,10,17-18,20-22,24-25H2,1-4H3. The summed E-state index contributed by atoms with van der Waals surface area (Å²) in [6.07, 6.45) is 4.75. The van der Waals surface area contributed by atoms with Gasteiger partial charge in [0.1, 0.15) is 5.75 Å². The zero-order valence-corrected chi connectivity index (χ0v) is 25.5. The van der Waals surface area contributed by atoms with Crippen molar-refractivity contribution in [3.63, 3.8) is 0 Å². The molecule has 1 aromatic heterocycles. The molecule has 1 saturated heterocycles. The first-order valence-corrected chi connectivity index (χ1v) is 15.1. The molecule has 0 N–H and O–H groups in total. The van der Waals surface area contributed by atoms with E-state index in [9.17, 15) is 4.79 Å². The minimum absolute atomic E-state index is 0.156. The lowest BCUT2D eigenvalue weighted by Gasteiger charge is -2.43. The zero-order valence-electron chi connectivity index (χ0n) is 24.8. The first-order valence-electron chi connectivity index (χ1n) is 14.7. The molecule has 0 radical (unpaired) electrons. The third kappa shape index (κ3) is 6.97. The lowest BCUT2D eigenvalue weighted by Crippen LogP contribution is -2.48. The molecule has 6 heteroatoms. The first-order chi connectivity index (χ1) is 19.7. The number of aryl methyl sites for hydroxylation is 1. The third-order valence-corrected chi connectivity index (χ3v) is 8.83. The van der Waals surface area contributed by atoms with Crippen LogP contribution in [0.4, 0.5) is 0 Å². The molecule has 1 aliphatic rings. The van der Waals surface area contributed by atoms with E-state index in [0.717, 1.165) is 54.4 Å². The largest absolute Gasteiger partial charge is 0.493 e. The van der Waals surface area contributed by atoms with Gasteiger partial charge in [0.25, 0.3) is 0 Å². The molecule has 3 aromatic carbocycles. The van der Waals surface area contributed by atoms with Crippen LogP contribution in [0, 0.1) is 12.3 Å². The number of para-hydroxylation sites is 1. The second-order valence-corrected chi connectivity index (χ2v) is 12.5. The van der Waals surface area contributed by atoms with Crippen LogP contribution in [0.1, 0.15) is 55.8 Å². The van der Waals surface area contributed by atoms with Gasteiger partial charge in [-0.3, -0.25) is 9.69 Å². The van der Waals surface area contributed by atoms with Crippen LogP contribution < -0.4 is 4.74 Å². The first kappa shape index (κ1) is 29.2. The Kier molecular flexibility index (Phi) is 9.06. The van der Waals surface area contributed by atoms with Crippen LogP contribution in [-0.2, 0) is 17.9 Å². The average Bonchev–Trinajstić information content (AvgIpc) is 3.33. The number of aromatic nitrogens is 1. The molecule has 216 valence electrons. The molecule has 1 atom stereocenters. The maximum Gasteiger partial charge on any atom is 0.223 e. The summed E-state index contributed by atoms with van der Waals surface area (Å²) in [5, 5.41) is 2.04. The number of nitrogens with zero attached hydrogens (tertiary/aromatic N) is 3. The summed E-state index contributed by atoms with van der Waals surface area (Å²) in [5.41, 5.74) is 4.46. The van der Waals surface area contributed by atoms with Crippen LogP contribution >= 0.6 is 11.6 Å². The lowest BCUT2D eigenvalue weighted by molar-refractivity contribution is -0.135. The Hall–Kier alpha value is -3.28. The van der Waals surface area contributed by atoms with Gasteiger partial charge in [0.2, 0.25) is 5.91 Å². The molecule has 0 saturated carbocycles. The van der Waals surface area contributed by atoms with Gasteiger partial charge in [0, 0.05) is 66.7 Å². The number of halogens is 1. The fraction of sp³-hybridized carbons (Fsp3) is 0.400. The summed E-state index contributed by atoms with van der Waals surface area (Å²) in [5.74, 6) is 0.955. The van der Waals surface area contributed by atoms with Gasteiger partial charge in [-0.1, -0.05) is 60.1 Å². The minimum atomic E-state index is -0.287. The molecular formula is C35H42ClN3O2. The average molecular weight is 572 g/mol. The van der Waals surface area contributed by atoms with Crippen molar-refractivity contribution < 1.29 is 9.53 Å². The van der Waals surface area contributed by atoms with Crippen molar-refractivity contribution in [1.82, 2.24) is 14.4 Å². The summed E-state index contributed by atoms with van der Waals surface area (Å²) >= 11 is 6.27. The molecule has 0 aliphatic carbocycles. The molecule has 1 aliphatic heterocycles. The fourth-order valence-electron chi connectivity index (χ4n) is 6.17. The van der Waals surface area contributed by atoms with Crippen molar-refractivity contribution >= 4 is 28.4 Å². The quantitative estimate of drug-likeness (QED) is 0.194. The van der Waals surface area contributed by atoms with Crippen molar-refractivity contribution in [2.24, 2.45) is 5.41 Å². The van der Waals surface area contributed by atoms with E-state index in [1.54, 1.807) is 0 Å². The molecule has 4 aromatic rings. The lowest BCUT2D eigenvalue weighted by atomic mass is 9.77. The van der Waals surface area contributed by atoms with Gasteiger partial charge in [-0.25, -0.2) is 0 Å². The number of rotatable bonds is 10. The summed E-state index contributed by atoms with van der Waals surface area (Å²) in [6.45, 7) is 10.2. The number of ether oxygens (including phenoxy) is 1. The molecule has 5 nitrogen and oxygen atoms in total. The number of hydrogen-bond acceptors (Lipinski definition) is 3. The van der Waals surface area contributed by atoms with E-state index in [1.165, 1.54) is 16.5 Å². The number of amides is 1. The van der Waals surface area contributed by atoms with E-state index in [-0.39, 0.29) is 11.3 Å². The Bertz CT molecular complexity index is 1480. The number of piperidine rings is 1. The molecule has 1 fully saturated rings. The van der Waals surface area contributed by atoms with Crippen molar-refractivity contribution in [3.8, 4) is 5.75 Å². The predicted molar refractivity (Wildman–Crippen MR) is 168 cm³/mol. The minimum Gasteiger partial charge on any atom is -0.493 e. The number of carbonyl (C=O) groups is 1. The van der Waals surface area contributed by atoms with Crippen LogP contribution in [0.25, 0.3) is 10.9 Å². The highest BCUT2D eigenvalue weighted by molar-refractivity contribution is 6.31. The van der Waals surface area contributed by atoms with E-state index in [2.05, 4.69) is 65.9 Å². The van der Waals surface area contributed by atoms with E-state index in [4.69, 9.17) is 16.3 Å². The maximum absolute atomic E-state index is 13.7. The molecule has 0 bridgehead atoms. The van der Waals surface area contributed by atoms with Crippen LogP contribution in [0.15, 0.2) is 79.0 Å². The van der Waals surface area contributed by atoms with Gasteiger partial charge in [-0.05, 0) is 81.1 Å². The summed E-state index contributed by atoms with van der Waals surface area (Å²) < 4.78 is 8.80. The highest BCUT2D eigenvalue weighted by atomic mass is 35.5. The van der Waals surface area contributed by atoms with Crippen LogP contribution in [0.3, 0.4) is 0 Å². The highest BCUT2D eigenvalue weighted by Crippen LogP contribution is 2.37. The predicted octanol–water partition coefficient (Wildman–Crippen LogP) is 7.89. The summed E-state index contributed by atoms with van der Waals surface area (Å²) in [4.78, 5) is 18.1. The van der Waals surface area contributed by atoms with Crippen molar-refractivity contribution in [1.29, 1.82) is 0 Å². The number of carbonyl (C=O) groups excluding carboxylic acids is 1. The number of benzene rings is 3. The molecule has 0 spiro atoms. The van der Waals surface area contributed by atoms with Gasteiger partial charge in [-0.2, -0.15) is 0 Å². The molecule has 1 unspecified atom stereocenters. The topological polar surface area (TPSA) is 37.7 Å². The Morgan fingerprint density at radius 2 is 1.83 bits per heavy atom. The second kappa shape index (κ2) is 12.7. The Morgan fingerprint density at radius 1 is 1.07 bits per heavy atom. The van der Waals surface area contributed by atoms with Crippen LogP contribution in [0.2, 0.25) is 5.02 Å². The Balaban J connectivity index is 1.37. The number of hydrogen-bond donors (Lipinski definition) is 0. The molecule has 41 heavy (non-hydrogen) atoms. The highest BCUT2D eigenvalue weighted by Gasteiger charge is 2.39. The van der Waals surface area contributed by atoms with Gasteiger partial charge in [-0.15, -0.1) is 0 Å². The molecule has 1 amide bonds. The van der Waals surface area contributed by atoms with Crippen LogP contribution in [0.5, 0.6) is 5.75 Å². The normalized spacial score (nSPS) is 17.7. The monoisotopic (exact) mass is 571 g/mol. The maximum atomic E-state index is 13.7. The Labute approximate surface area is 249 Å². The van der Waals surface area contributed by atoms with Crippen molar-refractivity contribution in [2.75, 3.05) is 26.7 Å². The van der Waals surface area contributed by atoms with Gasteiger partial charge in [0.15, 0.2) is 0 Å². The number of likely N-dealkylation sites (tertiary alicyclic amines) is 1. The Morgan fingerprint density at radius 3 is 2.59 bits per heavy atom. The fourth-order valence-corrected chi connectivity index (χ4v) is 6.29. The van der Waals surface area contributed by atoms with Crippen LogP contribution in [-0.4, -0.2) is 47.0 Å². The summed E-state index contributed by atoms with van der Waals surface area (Å²) in [6, 6.07) is 25.1. The van der Waals surface area contributed by atoms with Crippen molar-refractivity contribution in [2.45, 2.75) is 59.2 Å². The van der Waals surface area contributed by atoms with E-state index in [1.807, 2.05) is 55.3 Å². The second-order valence-electron chi connectivity index (χ2n) is 12.1. The van der Waals surface area contributed by atoms with E-state index in [0.29, 0.717) is 25.6 Å². The van der Waals surface area contributed by atoms with Crippen molar-refractivity contribution in [3.05, 3.63) is 101 Å². The van der Waals surface area contributed by atoms with Gasteiger partial charge < -0.3 is 14.2 Å². The SMILES string of the molecule is Cc1cc(OCC2(CC(=O)N(C)Cc3ccccc3)CCCN(Cc3cn(C(C)C)c4ccccc34)C2)ccc1Cl. The molecule has 5 rings (SSSR count). The van der Waals surface area contributed by atoms with E-state index >= 15 is 0 Å². The molecular weight excluding hydrogens is 530 g/mol.